The van der Waals surface area contributed by atoms with Crippen molar-refractivity contribution in [3.8, 4) is 5.75 Å². The van der Waals surface area contributed by atoms with Gasteiger partial charge in [0.2, 0.25) is 0 Å². The first kappa shape index (κ1) is 23.5. The summed E-state index contributed by atoms with van der Waals surface area (Å²) in [5.74, 6) is -0.777. The Morgan fingerprint density at radius 1 is 1.22 bits per heavy atom. The van der Waals surface area contributed by atoms with E-state index in [1.165, 1.54) is 0 Å². The summed E-state index contributed by atoms with van der Waals surface area (Å²) in [5.41, 5.74) is 2.49. The van der Waals surface area contributed by atoms with Crippen molar-refractivity contribution in [3.63, 3.8) is 0 Å². The number of nitrogens with one attached hydrogen (secondary N) is 1. The Labute approximate surface area is 188 Å². The molecule has 1 fully saturated rings. The van der Waals surface area contributed by atoms with Gasteiger partial charge in [0.25, 0.3) is 11.7 Å². The highest BCUT2D eigenvalue weighted by molar-refractivity contribution is 6.46. The number of Topliss-reactive ketones (excluding diaryl/α,β-unsaturated/α-hetero) is 1. The Morgan fingerprint density at radius 3 is 2.41 bits per heavy atom. The van der Waals surface area contributed by atoms with Gasteiger partial charge in [0.1, 0.15) is 11.5 Å². The number of nitrogens with zero attached hydrogens (tertiary/aromatic N) is 3. The monoisotopic (exact) mass is 440 g/mol. The predicted molar refractivity (Wildman–Crippen MR) is 122 cm³/mol. The van der Waals surface area contributed by atoms with Gasteiger partial charge in [-0.25, -0.2) is 0 Å². The molecule has 0 radical (unpaired) electrons. The maximum atomic E-state index is 13.1. The molecule has 172 valence electrons. The number of ether oxygens (including phenoxy) is 1. The second kappa shape index (κ2) is 9.56. The molecule has 2 N–H and O–H groups in total. The van der Waals surface area contributed by atoms with Crippen molar-refractivity contribution in [1.29, 1.82) is 0 Å². The molecule has 1 aliphatic rings. The number of benzene rings is 1. The van der Waals surface area contributed by atoms with E-state index in [9.17, 15) is 14.7 Å². The van der Waals surface area contributed by atoms with Gasteiger partial charge in [-0.15, -0.1) is 0 Å². The van der Waals surface area contributed by atoms with Gasteiger partial charge in [-0.05, 0) is 72.5 Å². The molecule has 32 heavy (non-hydrogen) atoms. The van der Waals surface area contributed by atoms with E-state index in [4.69, 9.17) is 4.74 Å². The second-order valence-electron chi connectivity index (χ2n) is 8.69. The summed E-state index contributed by atoms with van der Waals surface area (Å²) in [6.45, 7) is 8.59. The Balaban J connectivity index is 2.08. The minimum atomic E-state index is -0.682. The molecule has 2 heterocycles. The van der Waals surface area contributed by atoms with Gasteiger partial charge < -0.3 is 19.6 Å². The van der Waals surface area contributed by atoms with E-state index in [-0.39, 0.29) is 17.4 Å². The maximum absolute atomic E-state index is 13.1. The number of ketones is 1. The topological polar surface area (TPSA) is 98.8 Å². The molecule has 1 aromatic heterocycles. The fraction of sp³-hybridized carbons (Fsp3) is 0.458. The van der Waals surface area contributed by atoms with E-state index in [1.54, 1.807) is 18.7 Å². The molecule has 3 rings (SSSR count). The van der Waals surface area contributed by atoms with Crippen molar-refractivity contribution in [3.05, 3.63) is 52.4 Å². The van der Waals surface area contributed by atoms with Crippen molar-refractivity contribution >= 4 is 17.4 Å². The van der Waals surface area contributed by atoms with E-state index >= 15 is 0 Å². The molecule has 1 amide bonds. The first-order chi connectivity index (χ1) is 15.1. The third-order valence-corrected chi connectivity index (χ3v) is 5.48. The molecule has 1 aromatic carbocycles. The number of aromatic nitrogens is 2. The summed E-state index contributed by atoms with van der Waals surface area (Å²) in [6.07, 6.45) is 0.735. The number of carbonyl (C=O) groups excluding carboxylic acids is 2. The van der Waals surface area contributed by atoms with Gasteiger partial charge in [-0.1, -0.05) is 12.1 Å². The normalized spacial score (nSPS) is 18.2. The van der Waals surface area contributed by atoms with Crippen LogP contribution in [0.15, 0.2) is 29.8 Å². The van der Waals surface area contributed by atoms with Crippen LogP contribution in [0.1, 0.15) is 48.8 Å². The van der Waals surface area contributed by atoms with Gasteiger partial charge >= 0.3 is 0 Å². The third kappa shape index (κ3) is 4.70. The lowest BCUT2D eigenvalue weighted by Gasteiger charge is -2.26. The van der Waals surface area contributed by atoms with Crippen LogP contribution in [-0.4, -0.2) is 70.1 Å². The number of carbonyl (C=O) groups is 2. The summed E-state index contributed by atoms with van der Waals surface area (Å²) in [7, 11) is 3.92. The number of amides is 1. The highest BCUT2D eigenvalue weighted by atomic mass is 16.5. The van der Waals surface area contributed by atoms with Gasteiger partial charge in [-0.3, -0.25) is 14.7 Å². The summed E-state index contributed by atoms with van der Waals surface area (Å²) < 4.78 is 5.73. The van der Waals surface area contributed by atoms with E-state index in [0.717, 1.165) is 12.1 Å². The molecule has 0 saturated carbocycles. The molecular formula is C24H32N4O4. The van der Waals surface area contributed by atoms with E-state index < -0.39 is 17.7 Å². The van der Waals surface area contributed by atoms with E-state index in [2.05, 4.69) is 10.2 Å². The van der Waals surface area contributed by atoms with Gasteiger partial charge in [-0.2, -0.15) is 5.10 Å². The molecule has 0 spiro atoms. The third-order valence-electron chi connectivity index (χ3n) is 5.48. The van der Waals surface area contributed by atoms with E-state index in [0.29, 0.717) is 35.7 Å². The molecule has 8 heteroatoms. The van der Waals surface area contributed by atoms with Crippen LogP contribution >= 0.6 is 0 Å². The van der Waals surface area contributed by atoms with Crippen LogP contribution in [0.2, 0.25) is 0 Å². The number of hydrogen-bond donors (Lipinski definition) is 2. The van der Waals surface area contributed by atoms with Crippen LogP contribution in [0.3, 0.4) is 0 Å². The maximum Gasteiger partial charge on any atom is 0.295 e. The standard InChI is InChI=1S/C24H32N4O4/c1-14(2)32-18-10-8-17(9-11-18)21-20(22(29)19-15(3)25-26-16(19)4)23(30)24(31)28(21)13-7-12-27(5)6/h8-11,14,21,29H,7,12-13H2,1-6H3,(H,25,26). The Hall–Kier alpha value is -3.13. The lowest BCUT2D eigenvalue weighted by molar-refractivity contribution is -0.139. The van der Waals surface area contributed by atoms with Crippen molar-refractivity contribution in [2.24, 2.45) is 0 Å². The SMILES string of the molecule is Cc1n[nH]c(C)c1C(O)=C1C(=O)C(=O)N(CCCN(C)C)C1c1ccc(OC(C)C)cc1. The molecule has 0 bridgehead atoms. The minimum absolute atomic E-state index is 0.0320. The summed E-state index contributed by atoms with van der Waals surface area (Å²) in [4.78, 5) is 29.7. The predicted octanol–water partition coefficient (Wildman–Crippen LogP) is 3.19. The van der Waals surface area contributed by atoms with Crippen molar-refractivity contribution in [1.82, 2.24) is 20.0 Å². The zero-order valence-electron chi connectivity index (χ0n) is 19.6. The fourth-order valence-corrected chi connectivity index (χ4v) is 4.05. The minimum Gasteiger partial charge on any atom is -0.507 e. The average Bonchev–Trinajstić information content (AvgIpc) is 3.18. The van der Waals surface area contributed by atoms with Crippen molar-refractivity contribution in [2.45, 2.75) is 46.3 Å². The van der Waals surface area contributed by atoms with Gasteiger partial charge in [0, 0.05) is 12.2 Å². The molecule has 1 aliphatic heterocycles. The van der Waals surface area contributed by atoms with Crippen LogP contribution < -0.4 is 4.74 Å². The summed E-state index contributed by atoms with van der Waals surface area (Å²) in [6, 6.07) is 6.65. The Kier molecular flexibility index (Phi) is 7.03. The summed E-state index contributed by atoms with van der Waals surface area (Å²) in [5, 5.41) is 18.1. The first-order valence-electron chi connectivity index (χ1n) is 10.8. The highest BCUT2D eigenvalue weighted by Gasteiger charge is 2.46. The molecule has 8 nitrogen and oxygen atoms in total. The molecule has 2 aromatic rings. The summed E-state index contributed by atoms with van der Waals surface area (Å²) >= 11 is 0. The molecule has 1 atom stereocenters. The van der Waals surface area contributed by atoms with Gasteiger partial charge in [0.15, 0.2) is 0 Å². The van der Waals surface area contributed by atoms with Gasteiger partial charge in [0.05, 0.1) is 29.0 Å². The molecule has 1 saturated heterocycles. The van der Waals surface area contributed by atoms with Crippen LogP contribution in [0.4, 0.5) is 0 Å². The van der Waals surface area contributed by atoms with Crippen molar-refractivity contribution in [2.75, 3.05) is 27.2 Å². The number of likely N-dealkylation sites (tertiary alicyclic amines) is 1. The first-order valence-corrected chi connectivity index (χ1v) is 10.8. The molecule has 1 unspecified atom stereocenters. The number of hydrogen-bond acceptors (Lipinski definition) is 6. The van der Waals surface area contributed by atoms with Crippen LogP contribution in [-0.2, 0) is 9.59 Å². The number of aromatic amines is 1. The van der Waals surface area contributed by atoms with Crippen LogP contribution in [0.5, 0.6) is 5.75 Å². The largest absolute Gasteiger partial charge is 0.507 e. The smallest absolute Gasteiger partial charge is 0.295 e. The molecular weight excluding hydrogens is 408 g/mol. The lowest BCUT2D eigenvalue weighted by atomic mass is 9.94. The zero-order valence-corrected chi connectivity index (χ0v) is 19.6. The number of rotatable bonds is 8. The number of aliphatic hydroxyl groups excluding tert-OH is 1. The number of H-pyrrole nitrogens is 1. The quantitative estimate of drug-likeness (QED) is 0.372. The van der Waals surface area contributed by atoms with Crippen LogP contribution in [0, 0.1) is 13.8 Å². The molecule has 0 aliphatic carbocycles. The average molecular weight is 441 g/mol. The second-order valence-corrected chi connectivity index (χ2v) is 8.69. The number of aliphatic hydroxyl groups is 1. The Bertz CT molecular complexity index is 1000. The highest BCUT2D eigenvalue weighted by Crippen LogP contribution is 2.40. The number of aryl methyl sites for hydroxylation is 2. The van der Waals surface area contributed by atoms with Crippen LogP contribution in [0.25, 0.3) is 5.76 Å². The van der Waals surface area contributed by atoms with E-state index in [1.807, 2.05) is 57.1 Å². The fourth-order valence-electron chi connectivity index (χ4n) is 4.05. The lowest BCUT2D eigenvalue weighted by Crippen LogP contribution is -2.32. The zero-order chi connectivity index (χ0) is 23.6. The Morgan fingerprint density at radius 2 is 1.88 bits per heavy atom. The van der Waals surface area contributed by atoms with Crippen molar-refractivity contribution < 1.29 is 19.4 Å².